The first-order valence-corrected chi connectivity index (χ1v) is 8.03. The van der Waals surface area contributed by atoms with Gasteiger partial charge in [-0.2, -0.15) is 11.8 Å². The molecule has 0 aromatic rings. The fourth-order valence-corrected chi connectivity index (χ4v) is 3.60. The highest BCUT2D eigenvalue weighted by Gasteiger charge is 2.35. The number of hydrogen-bond acceptors (Lipinski definition) is 3. The third-order valence-electron chi connectivity index (χ3n) is 3.78. The highest BCUT2D eigenvalue weighted by molar-refractivity contribution is 8.00. The van der Waals surface area contributed by atoms with E-state index < -0.39 is 5.97 Å². The number of nitrogens with zero attached hydrogens (tertiary/aromatic N) is 1. The smallest absolute Gasteiger partial charge is 0.317 e. The quantitative estimate of drug-likeness (QED) is 0.808. The number of carbonyl (C=O) groups excluding carboxylic acids is 1. The van der Waals surface area contributed by atoms with Crippen LogP contribution in [0.15, 0.2) is 0 Å². The zero-order chi connectivity index (χ0) is 13.8. The largest absolute Gasteiger partial charge is 0.481 e. The molecule has 19 heavy (non-hydrogen) atoms. The number of carboxylic acid groups (broad SMARTS) is 1. The zero-order valence-corrected chi connectivity index (χ0v) is 12.1. The Kier molecular flexibility index (Phi) is 4.96. The molecule has 1 saturated carbocycles. The van der Waals surface area contributed by atoms with Gasteiger partial charge in [-0.1, -0.05) is 6.92 Å². The summed E-state index contributed by atoms with van der Waals surface area (Å²) < 4.78 is 0. The SMILES string of the molecule is CCC1CN(C(=O)NC(CC(=O)O)C2CC2)CCS1. The van der Waals surface area contributed by atoms with Gasteiger partial charge in [0.15, 0.2) is 0 Å². The Labute approximate surface area is 118 Å². The van der Waals surface area contributed by atoms with E-state index >= 15 is 0 Å². The maximum atomic E-state index is 12.2. The standard InChI is InChI=1S/C13H22N2O3S/c1-2-10-8-15(5-6-19-10)13(18)14-11(7-12(16)17)9-3-4-9/h9-11H,2-8H2,1H3,(H,14,18)(H,16,17). The van der Waals surface area contributed by atoms with E-state index in [0.29, 0.717) is 11.2 Å². The van der Waals surface area contributed by atoms with E-state index in [4.69, 9.17) is 5.11 Å². The summed E-state index contributed by atoms with van der Waals surface area (Å²) in [7, 11) is 0. The third-order valence-corrected chi connectivity index (χ3v) is 5.15. The Morgan fingerprint density at radius 1 is 1.47 bits per heavy atom. The molecule has 0 aromatic heterocycles. The molecular formula is C13H22N2O3S. The van der Waals surface area contributed by atoms with Crippen LogP contribution in [0.5, 0.6) is 0 Å². The van der Waals surface area contributed by atoms with Crippen molar-refractivity contribution in [2.45, 2.75) is 43.9 Å². The van der Waals surface area contributed by atoms with Crippen molar-refractivity contribution in [1.29, 1.82) is 0 Å². The molecule has 2 unspecified atom stereocenters. The van der Waals surface area contributed by atoms with Gasteiger partial charge in [-0.05, 0) is 25.2 Å². The van der Waals surface area contributed by atoms with E-state index in [1.165, 1.54) is 0 Å². The van der Waals surface area contributed by atoms with Crippen LogP contribution in [-0.4, -0.2) is 52.1 Å². The number of carboxylic acids is 1. The van der Waals surface area contributed by atoms with Crippen LogP contribution in [0.1, 0.15) is 32.6 Å². The summed E-state index contributed by atoms with van der Waals surface area (Å²) in [5, 5.41) is 12.3. The fraction of sp³-hybridized carbons (Fsp3) is 0.846. The lowest BCUT2D eigenvalue weighted by Gasteiger charge is -2.33. The Morgan fingerprint density at radius 2 is 2.21 bits per heavy atom. The lowest BCUT2D eigenvalue weighted by molar-refractivity contribution is -0.137. The van der Waals surface area contributed by atoms with Crippen molar-refractivity contribution in [3.63, 3.8) is 0 Å². The van der Waals surface area contributed by atoms with Crippen LogP contribution in [-0.2, 0) is 4.79 Å². The van der Waals surface area contributed by atoms with E-state index in [1.807, 2.05) is 16.7 Å². The Bertz CT molecular complexity index is 347. The first kappa shape index (κ1) is 14.5. The molecule has 0 aromatic carbocycles. The molecule has 2 N–H and O–H groups in total. The van der Waals surface area contributed by atoms with Crippen molar-refractivity contribution in [3.8, 4) is 0 Å². The average Bonchev–Trinajstić information content (AvgIpc) is 3.21. The normalized spacial score (nSPS) is 24.9. The minimum Gasteiger partial charge on any atom is -0.481 e. The number of aliphatic carboxylic acids is 1. The van der Waals surface area contributed by atoms with Crippen LogP contribution in [0.4, 0.5) is 4.79 Å². The van der Waals surface area contributed by atoms with Gasteiger partial charge in [0, 0.05) is 30.1 Å². The molecule has 1 aliphatic carbocycles. The van der Waals surface area contributed by atoms with E-state index in [-0.39, 0.29) is 18.5 Å². The maximum absolute atomic E-state index is 12.2. The van der Waals surface area contributed by atoms with Crippen LogP contribution in [0.2, 0.25) is 0 Å². The zero-order valence-electron chi connectivity index (χ0n) is 11.3. The van der Waals surface area contributed by atoms with Gasteiger partial charge in [-0.25, -0.2) is 4.79 Å². The Hall–Kier alpha value is -0.910. The van der Waals surface area contributed by atoms with Crippen molar-refractivity contribution in [3.05, 3.63) is 0 Å². The predicted molar refractivity (Wildman–Crippen MR) is 75.4 cm³/mol. The highest BCUT2D eigenvalue weighted by Crippen LogP contribution is 2.34. The molecular weight excluding hydrogens is 264 g/mol. The van der Waals surface area contributed by atoms with Gasteiger partial charge in [-0.15, -0.1) is 0 Å². The molecule has 2 amide bonds. The second-order valence-electron chi connectivity index (χ2n) is 5.34. The Balaban J connectivity index is 1.85. The number of carbonyl (C=O) groups is 2. The van der Waals surface area contributed by atoms with Crippen molar-refractivity contribution in [2.24, 2.45) is 5.92 Å². The molecule has 1 heterocycles. The van der Waals surface area contributed by atoms with Gasteiger partial charge in [-0.3, -0.25) is 4.79 Å². The van der Waals surface area contributed by atoms with E-state index in [2.05, 4.69) is 12.2 Å². The number of thioether (sulfide) groups is 1. The highest BCUT2D eigenvalue weighted by atomic mass is 32.2. The summed E-state index contributed by atoms with van der Waals surface area (Å²) in [6.07, 6.45) is 3.17. The molecule has 2 atom stereocenters. The summed E-state index contributed by atoms with van der Waals surface area (Å²) in [5.74, 6) is 0.498. The van der Waals surface area contributed by atoms with Gasteiger partial charge in [0.1, 0.15) is 0 Å². The van der Waals surface area contributed by atoms with Crippen LogP contribution in [0, 0.1) is 5.92 Å². The topological polar surface area (TPSA) is 69.6 Å². The number of urea groups is 1. The lowest BCUT2D eigenvalue weighted by Crippen LogP contribution is -2.50. The third kappa shape index (κ3) is 4.30. The van der Waals surface area contributed by atoms with Crippen LogP contribution >= 0.6 is 11.8 Å². The van der Waals surface area contributed by atoms with Gasteiger partial charge in [0.05, 0.1) is 6.42 Å². The molecule has 1 aliphatic heterocycles. The van der Waals surface area contributed by atoms with E-state index in [0.717, 1.165) is 38.1 Å². The molecule has 108 valence electrons. The van der Waals surface area contributed by atoms with Crippen molar-refractivity contribution < 1.29 is 14.7 Å². The van der Waals surface area contributed by atoms with Gasteiger partial charge < -0.3 is 15.3 Å². The molecule has 6 heteroatoms. The molecule has 5 nitrogen and oxygen atoms in total. The molecule has 0 bridgehead atoms. The lowest BCUT2D eigenvalue weighted by atomic mass is 10.1. The second kappa shape index (κ2) is 6.50. The predicted octanol–water partition coefficient (Wildman–Crippen LogP) is 1.78. The molecule has 2 rings (SSSR count). The fourth-order valence-electron chi connectivity index (χ4n) is 2.42. The number of hydrogen-bond donors (Lipinski definition) is 2. The summed E-state index contributed by atoms with van der Waals surface area (Å²) in [6, 6.07) is -0.281. The van der Waals surface area contributed by atoms with Gasteiger partial charge in [0.2, 0.25) is 0 Å². The van der Waals surface area contributed by atoms with Crippen molar-refractivity contribution in [2.75, 3.05) is 18.8 Å². The first-order chi connectivity index (χ1) is 9.10. The molecule has 1 saturated heterocycles. The van der Waals surface area contributed by atoms with Crippen LogP contribution in [0.25, 0.3) is 0 Å². The first-order valence-electron chi connectivity index (χ1n) is 6.99. The summed E-state index contributed by atoms with van der Waals surface area (Å²) in [6.45, 7) is 3.67. The van der Waals surface area contributed by atoms with E-state index in [1.54, 1.807) is 0 Å². The Morgan fingerprint density at radius 3 is 2.79 bits per heavy atom. The molecule has 0 spiro atoms. The minimum absolute atomic E-state index is 0.0379. The number of amides is 2. The molecule has 0 radical (unpaired) electrons. The minimum atomic E-state index is -0.835. The van der Waals surface area contributed by atoms with Crippen LogP contribution in [0.3, 0.4) is 0 Å². The maximum Gasteiger partial charge on any atom is 0.317 e. The summed E-state index contributed by atoms with van der Waals surface area (Å²) in [5.41, 5.74) is 0. The summed E-state index contributed by atoms with van der Waals surface area (Å²) >= 11 is 1.92. The average molecular weight is 286 g/mol. The van der Waals surface area contributed by atoms with Gasteiger partial charge >= 0.3 is 12.0 Å². The summed E-state index contributed by atoms with van der Waals surface area (Å²) in [4.78, 5) is 24.9. The van der Waals surface area contributed by atoms with Crippen LogP contribution < -0.4 is 5.32 Å². The van der Waals surface area contributed by atoms with Gasteiger partial charge in [0.25, 0.3) is 0 Å². The van der Waals surface area contributed by atoms with Crippen molar-refractivity contribution >= 4 is 23.8 Å². The van der Waals surface area contributed by atoms with E-state index in [9.17, 15) is 9.59 Å². The monoisotopic (exact) mass is 286 g/mol. The molecule has 2 aliphatic rings. The number of nitrogens with one attached hydrogen (secondary N) is 1. The van der Waals surface area contributed by atoms with Crippen molar-refractivity contribution in [1.82, 2.24) is 10.2 Å². The second-order valence-corrected chi connectivity index (χ2v) is 6.75. The molecule has 2 fully saturated rings. The number of rotatable bonds is 5.